The highest BCUT2D eigenvalue weighted by molar-refractivity contribution is 5.99. The Morgan fingerprint density at radius 1 is 1.16 bits per heavy atom. The smallest absolute Gasteiger partial charge is 0.410 e. The van der Waals surface area contributed by atoms with Gasteiger partial charge in [-0.3, -0.25) is 4.98 Å². The average molecular weight is 445 g/mol. The van der Waals surface area contributed by atoms with Gasteiger partial charge in [0.05, 0.1) is 18.4 Å². The van der Waals surface area contributed by atoms with E-state index in [1.165, 1.54) is 18.3 Å². The van der Waals surface area contributed by atoms with Gasteiger partial charge >= 0.3 is 12.1 Å². The van der Waals surface area contributed by atoms with Crippen LogP contribution in [0.2, 0.25) is 0 Å². The van der Waals surface area contributed by atoms with E-state index in [0.29, 0.717) is 18.8 Å². The molecule has 1 aromatic heterocycles. The van der Waals surface area contributed by atoms with Crippen LogP contribution in [0.15, 0.2) is 36.5 Å². The molecule has 0 aliphatic carbocycles. The Labute approximate surface area is 187 Å². The van der Waals surface area contributed by atoms with Gasteiger partial charge in [0.1, 0.15) is 23.3 Å². The molecule has 9 heteroatoms. The maximum Gasteiger partial charge on any atom is 0.410 e. The summed E-state index contributed by atoms with van der Waals surface area (Å²) in [5, 5.41) is 5.23. The molecule has 1 aromatic carbocycles. The van der Waals surface area contributed by atoms with E-state index in [1.54, 1.807) is 23.1 Å². The third kappa shape index (κ3) is 7.11. The molecule has 0 spiro atoms. The third-order valence-electron chi connectivity index (χ3n) is 4.63. The predicted octanol–water partition coefficient (Wildman–Crippen LogP) is 4.95. The van der Waals surface area contributed by atoms with E-state index in [4.69, 9.17) is 9.47 Å². The number of hydrogen-bond donors (Lipinski definition) is 2. The Hall–Kier alpha value is -3.36. The molecule has 32 heavy (non-hydrogen) atoms. The molecule has 3 rings (SSSR count). The summed E-state index contributed by atoms with van der Waals surface area (Å²) in [5.74, 6) is -0.275. The van der Waals surface area contributed by atoms with Crippen molar-refractivity contribution < 1.29 is 23.5 Å². The summed E-state index contributed by atoms with van der Waals surface area (Å²) in [7, 11) is 0. The molecule has 1 atom stereocenters. The standard InChI is InChI=1S/C23H29FN4O4/c1-15-7-8-17(13-25-15)26-21(29)27-18-10-16(24)11-20(12-18)31-19-6-5-9-28(14-19)22(30)32-23(2,3)4/h7-8,10-13,19H,5-6,9,14H2,1-4H3,(H2,26,27,29). The number of rotatable bonds is 4. The number of piperidine rings is 1. The molecule has 0 bridgehead atoms. The van der Waals surface area contributed by atoms with Crippen LogP contribution in [0.1, 0.15) is 39.3 Å². The minimum atomic E-state index is -0.580. The highest BCUT2D eigenvalue weighted by Gasteiger charge is 2.28. The molecule has 1 fully saturated rings. The van der Waals surface area contributed by atoms with Gasteiger partial charge in [-0.15, -0.1) is 0 Å². The fourth-order valence-corrected chi connectivity index (χ4v) is 3.26. The molecule has 0 radical (unpaired) electrons. The normalized spacial score (nSPS) is 16.3. The van der Waals surface area contributed by atoms with Crippen molar-refractivity contribution in [1.29, 1.82) is 0 Å². The molecule has 1 aliphatic heterocycles. The minimum Gasteiger partial charge on any atom is -0.488 e. The van der Waals surface area contributed by atoms with Crippen LogP contribution < -0.4 is 15.4 Å². The highest BCUT2D eigenvalue weighted by atomic mass is 19.1. The van der Waals surface area contributed by atoms with Gasteiger partial charge in [-0.1, -0.05) is 0 Å². The third-order valence-corrected chi connectivity index (χ3v) is 4.63. The summed E-state index contributed by atoms with van der Waals surface area (Å²) in [5.41, 5.74) is 1.02. The second kappa shape index (κ2) is 9.84. The molecule has 1 unspecified atom stereocenters. The minimum absolute atomic E-state index is 0.248. The first-order valence-corrected chi connectivity index (χ1v) is 10.5. The lowest BCUT2D eigenvalue weighted by Gasteiger charge is -2.34. The number of aromatic nitrogens is 1. The van der Waals surface area contributed by atoms with Crippen LogP contribution >= 0.6 is 0 Å². The lowest BCUT2D eigenvalue weighted by Crippen LogP contribution is -2.46. The second-order valence-corrected chi connectivity index (χ2v) is 8.75. The number of benzene rings is 1. The number of nitrogens with zero attached hydrogens (tertiary/aromatic N) is 2. The van der Waals surface area contributed by atoms with Crippen molar-refractivity contribution in [3.05, 3.63) is 48.0 Å². The first-order chi connectivity index (χ1) is 15.1. The van der Waals surface area contributed by atoms with Crippen molar-refractivity contribution in [2.24, 2.45) is 0 Å². The maximum atomic E-state index is 14.1. The number of carbonyl (C=O) groups is 2. The lowest BCUT2D eigenvalue weighted by atomic mass is 10.1. The van der Waals surface area contributed by atoms with Crippen LogP contribution in [0, 0.1) is 12.7 Å². The van der Waals surface area contributed by atoms with Crippen LogP contribution in [-0.4, -0.2) is 46.8 Å². The van der Waals surface area contributed by atoms with Gasteiger partial charge in [-0.25, -0.2) is 14.0 Å². The van der Waals surface area contributed by atoms with E-state index in [1.807, 2.05) is 27.7 Å². The molecular formula is C23H29FN4O4. The number of amides is 3. The molecule has 2 aromatic rings. The van der Waals surface area contributed by atoms with Gasteiger partial charge in [0, 0.05) is 30.1 Å². The van der Waals surface area contributed by atoms with E-state index in [2.05, 4.69) is 15.6 Å². The van der Waals surface area contributed by atoms with Crippen LogP contribution in [-0.2, 0) is 4.74 Å². The number of anilines is 2. The Morgan fingerprint density at radius 2 is 1.91 bits per heavy atom. The van der Waals surface area contributed by atoms with Crippen molar-refractivity contribution in [1.82, 2.24) is 9.88 Å². The summed E-state index contributed by atoms with van der Waals surface area (Å²) in [6.07, 6.45) is 2.30. The van der Waals surface area contributed by atoms with Gasteiger partial charge in [-0.05, 0) is 58.7 Å². The van der Waals surface area contributed by atoms with Crippen LogP contribution in [0.5, 0.6) is 5.75 Å². The Morgan fingerprint density at radius 3 is 2.59 bits per heavy atom. The lowest BCUT2D eigenvalue weighted by molar-refractivity contribution is 0.00772. The number of halogens is 1. The van der Waals surface area contributed by atoms with Crippen molar-refractivity contribution >= 4 is 23.5 Å². The molecule has 8 nitrogen and oxygen atoms in total. The highest BCUT2D eigenvalue weighted by Crippen LogP contribution is 2.25. The largest absolute Gasteiger partial charge is 0.488 e. The average Bonchev–Trinajstić information content (AvgIpc) is 2.68. The predicted molar refractivity (Wildman–Crippen MR) is 119 cm³/mol. The number of aryl methyl sites for hydroxylation is 1. The molecule has 3 amide bonds. The van der Waals surface area contributed by atoms with E-state index in [0.717, 1.165) is 18.5 Å². The molecule has 1 aliphatic rings. The van der Waals surface area contributed by atoms with E-state index >= 15 is 0 Å². The quantitative estimate of drug-likeness (QED) is 0.696. The topological polar surface area (TPSA) is 92.8 Å². The zero-order chi connectivity index (χ0) is 23.3. The first-order valence-electron chi connectivity index (χ1n) is 10.5. The number of urea groups is 1. The maximum absolute atomic E-state index is 14.1. The van der Waals surface area contributed by atoms with Crippen LogP contribution in [0.3, 0.4) is 0 Å². The van der Waals surface area contributed by atoms with Crippen LogP contribution in [0.4, 0.5) is 25.4 Å². The van der Waals surface area contributed by atoms with Crippen LogP contribution in [0.25, 0.3) is 0 Å². The number of carbonyl (C=O) groups excluding carboxylic acids is 2. The van der Waals surface area contributed by atoms with Gasteiger partial charge in [0.25, 0.3) is 0 Å². The van der Waals surface area contributed by atoms with Crippen molar-refractivity contribution in [2.75, 3.05) is 23.7 Å². The fourth-order valence-electron chi connectivity index (χ4n) is 3.26. The Bertz CT molecular complexity index is 959. The number of ether oxygens (including phenoxy) is 2. The van der Waals surface area contributed by atoms with Gasteiger partial charge in [-0.2, -0.15) is 0 Å². The van der Waals surface area contributed by atoms with E-state index in [9.17, 15) is 14.0 Å². The van der Waals surface area contributed by atoms with Gasteiger partial charge in [0.2, 0.25) is 0 Å². The van der Waals surface area contributed by atoms with Gasteiger partial charge < -0.3 is 25.0 Å². The summed E-state index contributed by atoms with van der Waals surface area (Å²) >= 11 is 0. The first kappa shape index (κ1) is 23.3. The number of likely N-dealkylation sites (tertiary alicyclic amines) is 1. The number of nitrogens with one attached hydrogen (secondary N) is 2. The SMILES string of the molecule is Cc1ccc(NC(=O)Nc2cc(F)cc(OC3CCCN(C(=O)OC(C)(C)C)C3)c2)cn1. The monoisotopic (exact) mass is 444 g/mol. The van der Waals surface area contributed by atoms with Gasteiger partial charge in [0.15, 0.2) is 0 Å². The summed E-state index contributed by atoms with van der Waals surface area (Å²) < 4.78 is 25.5. The fraction of sp³-hybridized carbons (Fsp3) is 0.435. The van der Waals surface area contributed by atoms with E-state index in [-0.39, 0.29) is 17.5 Å². The van der Waals surface area contributed by atoms with Crippen molar-refractivity contribution in [3.8, 4) is 5.75 Å². The van der Waals surface area contributed by atoms with E-state index < -0.39 is 23.5 Å². The van der Waals surface area contributed by atoms with Crippen molar-refractivity contribution in [2.45, 2.75) is 52.2 Å². The zero-order valence-electron chi connectivity index (χ0n) is 18.8. The molecule has 172 valence electrons. The summed E-state index contributed by atoms with van der Waals surface area (Å²) in [6, 6.07) is 6.96. The molecule has 1 saturated heterocycles. The molecular weight excluding hydrogens is 415 g/mol. The molecule has 0 saturated carbocycles. The summed E-state index contributed by atoms with van der Waals surface area (Å²) in [6.45, 7) is 8.21. The Kier molecular flexibility index (Phi) is 7.17. The molecule has 2 N–H and O–H groups in total. The second-order valence-electron chi connectivity index (χ2n) is 8.75. The molecule has 2 heterocycles. The Balaban J connectivity index is 1.60. The zero-order valence-corrected chi connectivity index (χ0v) is 18.8. The number of hydrogen-bond acceptors (Lipinski definition) is 5. The number of pyridine rings is 1. The van der Waals surface area contributed by atoms with Crippen molar-refractivity contribution in [3.63, 3.8) is 0 Å². The summed E-state index contributed by atoms with van der Waals surface area (Å²) in [4.78, 5) is 30.3.